The molecule has 0 radical (unpaired) electrons. The lowest BCUT2D eigenvalue weighted by atomic mass is 10.1. The summed E-state index contributed by atoms with van der Waals surface area (Å²) in [6.45, 7) is 0. The molecule has 1 atom stereocenters. The molecule has 1 N–H and O–H groups in total. The average molecular weight is 366 g/mol. The second-order valence-corrected chi connectivity index (χ2v) is 6.50. The highest BCUT2D eigenvalue weighted by atomic mass is 79.9. The van der Waals surface area contributed by atoms with Crippen LogP contribution >= 0.6 is 38.9 Å². The second kappa shape index (κ2) is 6.22. The SMILES string of the molecule is COc1ccc(CC(O)c2cc(Br)c(Cl)s2)cc1F. The van der Waals surface area contributed by atoms with Gasteiger partial charge in [-0.3, -0.25) is 0 Å². The van der Waals surface area contributed by atoms with E-state index in [0.717, 1.165) is 9.35 Å². The number of hydrogen-bond donors (Lipinski definition) is 1. The summed E-state index contributed by atoms with van der Waals surface area (Å²) in [6, 6.07) is 6.42. The molecule has 19 heavy (non-hydrogen) atoms. The quantitative estimate of drug-likeness (QED) is 0.859. The van der Waals surface area contributed by atoms with Crippen molar-refractivity contribution < 1.29 is 14.2 Å². The Hall–Kier alpha value is -0.620. The fourth-order valence-corrected chi connectivity index (χ4v) is 3.41. The Kier molecular flexibility index (Phi) is 4.84. The Morgan fingerprint density at radius 1 is 1.47 bits per heavy atom. The van der Waals surface area contributed by atoms with Crippen LogP contribution in [0.15, 0.2) is 28.7 Å². The van der Waals surface area contributed by atoms with Gasteiger partial charge < -0.3 is 9.84 Å². The van der Waals surface area contributed by atoms with Crippen molar-refractivity contribution in [2.45, 2.75) is 12.5 Å². The Morgan fingerprint density at radius 3 is 2.74 bits per heavy atom. The first kappa shape index (κ1) is 14.8. The smallest absolute Gasteiger partial charge is 0.165 e. The molecular weight excluding hydrogens is 355 g/mol. The van der Waals surface area contributed by atoms with Crippen LogP contribution in [0.1, 0.15) is 16.5 Å². The third-order valence-electron chi connectivity index (χ3n) is 2.64. The molecule has 0 aliphatic rings. The lowest BCUT2D eigenvalue weighted by Gasteiger charge is -2.09. The number of hydrogen-bond acceptors (Lipinski definition) is 3. The van der Waals surface area contributed by atoms with Gasteiger partial charge in [0.2, 0.25) is 0 Å². The molecule has 2 rings (SSSR count). The van der Waals surface area contributed by atoms with E-state index in [9.17, 15) is 9.50 Å². The molecule has 102 valence electrons. The number of aliphatic hydroxyl groups excluding tert-OH is 1. The molecule has 2 nitrogen and oxygen atoms in total. The van der Waals surface area contributed by atoms with Gasteiger partial charge in [-0.05, 0) is 39.7 Å². The van der Waals surface area contributed by atoms with E-state index in [1.165, 1.54) is 24.5 Å². The van der Waals surface area contributed by atoms with Crippen molar-refractivity contribution in [3.63, 3.8) is 0 Å². The molecule has 0 bridgehead atoms. The zero-order chi connectivity index (χ0) is 14.0. The molecule has 0 saturated carbocycles. The summed E-state index contributed by atoms with van der Waals surface area (Å²) in [6.07, 6.45) is -0.383. The van der Waals surface area contributed by atoms with Gasteiger partial charge in [-0.25, -0.2) is 4.39 Å². The van der Waals surface area contributed by atoms with Gasteiger partial charge in [-0.15, -0.1) is 11.3 Å². The Bertz CT molecular complexity index is 569. The Balaban J connectivity index is 2.14. The van der Waals surface area contributed by atoms with Crippen LogP contribution in [0.5, 0.6) is 5.75 Å². The number of halogens is 3. The van der Waals surface area contributed by atoms with Gasteiger partial charge in [0.05, 0.1) is 13.2 Å². The van der Waals surface area contributed by atoms with Crippen LogP contribution in [-0.4, -0.2) is 12.2 Å². The third-order valence-corrected chi connectivity index (χ3v) is 5.21. The molecule has 0 fully saturated rings. The van der Waals surface area contributed by atoms with Crippen molar-refractivity contribution in [1.82, 2.24) is 0 Å². The zero-order valence-electron chi connectivity index (χ0n) is 9.99. The summed E-state index contributed by atoms with van der Waals surface area (Å²) in [4.78, 5) is 0.744. The number of rotatable bonds is 4. The molecule has 0 saturated heterocycles. The van der Waals surface area contributed by atoms with Gasteiger partial charge in [-0.2, -0.15) is 0 Å². The van der Waals surface area contributed by atoms with E-state index in [2.05, 4.69) is 15.9 Å². The van der Waals surface area contributed by atoms with Gasteiger partial charge in [0.15, 0.2) is 11.6 Å². The third kappa shape index (κ3) is 3.48. The van der Waals surface area contributed by atoms with E-state index in [0.29, 0.717) is 16.3 Å². The van der Waals surface area contributed by atoms with Gasteiger partial charge in [0.25, 0.3) is 0 Å². The topological polar surface area (TPSA) is 29.5 Å². The zero-order valence-corrected chi connectivity index (χ0v) is 13.1. The Morgan fingerprint density at radius 2 is 2.21 bits per heavy atom. The van der Waals surface area contributed by atoms with Gasteiger partial charge in [0, 0.05) is 15.8 Å². The van der Waals surface area contributed by atoms with Crippen molar-refractivity contribution in [2.24, 2.45) is 0 Å². The molecule has 1 aromatic carbocycles. The van der Waals surface area contributed by atoms with Crippen LogP contribution in [0, 0.1) is 5.82 Å². The van der Waals surface area contributed by atoms with Crippen molar-refractivity contribution >= 4 is 38.9 Å². The normalized spacial score (nSPS) is 12.5. The van der Waals surface area contributed by atoms with E-state index in [-0.39, 0.29) is 5.75 Å². The maximum atomic E-state index is 13.5. The second-order valence-electron chi connectivity index (χ2n) is 3.96. The molecule has 2 aromatic rings. The van der Waals surface area contributed by atoms with Crippen LogP contribution in [-0.2, 0) is 6.42 Å². The van der Waals surface area contributed by atoms with Crippen LogP contribution in [0.4, 0.5) is 4.39 Å². The van der Waals surface area contributed by atoms with Crippen LogP contribution in [0.3, 0.4) is 0 Å². The minimum absolute atomic E-state index is 0.195. The van der Waals surface area contributed by atoms with Crippen molar-refractivity contribution in [3.05, 3.63) is 49.3 Å². The summed E-state index contributed by atoms with van der Waals surface area (Å²) in [5.41, 5.74) is 0.700. The number of benzene rings is 1. The van der Waals surface area contributed by atoms with Crippen LogP contribution in [0.2, 0.25) is 4.34 Å². The van der Waals surface area contributed by atoms with Crippen LogP contribution in [0.25, 0.3) is 0 Å². The molecule has 0 aliphatic heterocycles. The predicted molar refractivity (Wildman–Crippen MR) is 78.6 cm³/mol. The van der Waals surface area contributed by atoms with E-state index >= 15 is 0 Å². The van der Waals surface area contributed by atoms with E-state index < -0.39 is 11.9 Å². The molecule has 0 amide bonds. The first-order chi connectivity index (χ1) is 9.01. The molecule has 0 spiro atoms. The standard InChI is InChI=1S/C13H11BrClFO2S/c1-18-11-3-2-7(4-9(11)16)5-10(17)12-6-8(14)13(15)19-12/h2-4,6,10,17H,5H2,1H3. The molecule has 6 heteroatoms. The average Bonchev–Trinajstić information content (AvgIpc) is 2.70. The van der Waals surface area contributed by atoms with E-state index in [1.54, 1.807) is 18.2 Å². The number of thiophene rings is 1. The maximum Gasteiger partial charge on any atom is 0.165 e. The summed E-state index contributed by atoms with van der Waals surface area (Å²) < 4.78 is 19.7. The van der Waals surface area contributed by atoms with Crippen molar-refractivity contribution in [1.29, 1.82) is 0 Å². The lowest BCUT2D eigenvalue weighted by Crippen LogP contribution is -2.00. The van der Waals surface area contributed by atoms with Crippen molar-refractivity contribution in [3.8, 4) is 5.75 Å². The number of ether oxygens (including phenoxy) is 1. The minimum Gasteiger partial charge on any atom is -0.494 e. The first-order valence-electron chi connectivity index (χ1n) is 5.46. The molecule has 0 aliphatic carbocycles. The van der Waals surface area contributed by atoms with E-state index in [4.69, 9.17) is 16.3 Å². The van der Waals surface area contributed by atoms with E-state index in [1.807, 2.05) is 0 Å². The molecule has 1 aromatic heterocycles. The largest absolute Gasteiger partial charge is 0.494 e. The summed E-state index contributed by atoms with van der Waals surface area (Å²) in [5, 5.41) is 10.1. The first-order valence-corrected chi connectivity index (χ1v) is 7.45. The fourth-order valence-electron chi connectivity index (χ4n) is 1.69. The summed E-state index contributed by atoms with van der Waals surface area (Å²) in [5.74, 6) is -0.238. The highest BCUT2D eigenvalue weighted by Gasteiger charge is 2.15. The predicted octanol–water partition coefficient (Wildman–Crippen LogP) is 4.59. The van der Waals surface area contributed by atoms with Gasteiger partial charge in [0.1, 0.15) is 4.34 Å². The summed E-state index contributed by atoms with van der Waals surface area (Å²) >= 11 is 10.5. The molecule has 1 unspecified atom stereocenters. The molecule has 1 heterocycles. The monoisotopic (exact) mass is 364 g/mol. The van der Waals surface area contributed by atoms with Crippen molar-refractivity contribution in [2.75, 3.05) is 7.11 Å². The van der Waals surface area contributed by atoms with Crippen LogP contribution < -0.4 is 4.74 Å². The van der Waals surface area contributed by atoms with Gasteiger partial charge in [-0.1, -0.05) is 17.7 Å². The highest BCUT2D eigenvalue weighted by Crippen LogP contribution is 2.36. The number of aliphatic hydroxyl groups is 1. The Labute approximate surface area is 127 Å². The molecular formula is C13H11BrClFO2S. The lowest BCUT2D eigenvalue weighted by molar-refractivity contribution is 0.182. The number of methoxy groups -OCH3 is 1. The minimum atomic E-state index is -0.707. The highest BCUT2D eigenvalue weighted by molar-refractivity contribution is 9.10. The van der Waals surface area contributed by atoms with Gasteiger partial charge >= 0.3 is 0 Å². The fraction of sp³-hybridized carbons (Fsp3) is 0.231. The maximum absolute atomic E-state index is 13.5. The summed E-state index contributed by atoms with van der Waals surface area (Å²) in [7, 11) is 1.41.